The first-order valence-corrected chi connectivity index (χ1v) is 7.05. The first kappa shape index (κ1) is 15.6. The van der Waals surface area contributed by atoms with E-state index in [0.29, 0.717) is 11.3 Å². The number of benzene rings is 2. The summed E-state index contributed by atoms with van der Waals surface area (Å²) in [6.45, 7) is 2.14. The maximum Gasteiger partial charge on any atom is 0.340 e. The van der Waals surface area contributed by atoms with Crippen LogP contribution in [0.15, 0.2) is 54.6 Å². The van der Waals surface area contributed by atoms with E-state index in [-0.39, 0.29) is 19.1 Å². The molecular formula is C17H18N2O3. The van der Waals surface area contributed by atoms with Gasteiger partial charge < -0.3 is 15.4 Å². The average molecular weight is 298 g/mol. The Morgan fingerprint density at radius 3 is 2.41 bits per heavy atom. The highest BCUT2D eigenvalue weighted by Gasteiger charge is 2.13. The van der Waals surface area contributed by atoms with Gasteiger partial charge in [0.05, 0.1) is 24.4 Å². The van der Waals surface area contributed by atoms with Gasteiger partial charge in [0.2, 0.25) is 5.91 Å². The van der Waals surface area contributed by atoms with E-state index in [9.17, 15) is 9.59 Å². The van der Waals surface area contributed by atoms with Crippen molar-refractivity contribution in [3.63, 3.8) is 0 Å². The predicted molar refractivity (Wildman–Crippen MR) is 86.0 cm³/mol. The highest BCUT2D eigenvalue weighted by atomic mass is 16.5. The summed E-state index contributed by atoms with van der Waals surface area (Å²) in [6.07, 6.45) is 0. The van der Waals surface area contributed by atoms with E-state index in [1.807, 2.05) is 30.3 Å². The minimum atomic E-state index is -0.450. The second-order valence-electron chi connectivity index (χ2n) is 4.53. The van der Waals surface area contributed by atoms with Crippen LogP contribution >= 0.6 is 0 Å². The van der Waals surface area contributed by atoms with E-state index in [4.69, 9.17) is 4.74 Å². The average Bonchev–Trinajstić information content (AvgIpc) is 2.54. The lowest BCUT2D eigenvalue weighted by molar-refractivity contribution is -0.114. The lowest BCUT2D eigenvalue weighted by atomic mass is 10.2. The molecule has 0 aliphatic carbocycles. The maximum absolute atomic E-state index is 12.0. The van der Waals surface area contributed by atoms with Gasteiger partial charge >= 0.3 is 5.97 Å². The number of hydrogen-bond acceptors (Lipinski definition) is 4. The van der Waals surface area contributed by atoms with Crippen molar-refractivity contribution in [3.05, 3.63) is 60.2 Å². The smallest absolute Gasteiger partial charge is 0.340 e. The molecular weight excluding hydrogens is 280 g/mol. The van der Waals surface area contributed by atoms with Gasteiger partial charge in [0.1, 0.15) is 0 Å². The minimum Gasteiger partial charge on any atom is -0.462 e. The van der Waals surface area contributed by atoms with Crippen molar-refractivity contribution < 1.29 is 14.3 Å². The molecule has 5 heteroatoms. The lowest BCUT2D eigenvalue weighted by Gasteiger charge is -2.11. The fraction of sp³-hybridized carbons (Fsp3) is 0.176. The maximum atomic E-state index is 12.0. The normalized spacial score (nSPS) is 9.86. The quantitative estimate of drug-likeness (QED) is 0.805. The number of para-hydroxylation sites is 2. The Labute approximate surface area is 129 Å². The number of hydrogen-bond donors (Lipinski definition) is 2. The molecule has 2 aromatic carbocycles. The monoisotopic (exact) mass is 298 g/mol. The molecule has 0 fully saturated rings. The van der Waals surface area contributed by atoms with Gasteiger partial charge in [0, 0.05) is 5.69 Å². The van der Waals surface area contributed by atoms with E-state index < -0.39 is 5.97 Å². The summed E-state index contributed by atoms with van der Waals surface area (Å²) in [5.74, 6) is -0.685. The molecule has 22 heavy (non-hydrogen) atoms. The molecule has 0 spiro atoms. The summed E-state index contributed by atoms with van der Waals surface area (Å²) < 4.78 is 4.97. The van der Waals surface area contributed by atoms with Crippen molar-refractivity contribution in [2.24, 2.45) is 0 Å². The summed E-state index contributed by atoms with van der Waals surface area (Å²) in [5.41, 5.74) is 1.65. The number of amides is 1. The van der Waals surface area contributed by atoms with Gasteiger partial charge in [0.15, 0.2) is 0 Å². The molecule has 0 unspecified atom stereocenters. The number of nitrogens with one attached hydrogen (secondary N) is 2. The Bertz CT molecular complexity index is 641. The Hall–Kier alpha value is -2.82. The summed E-state index contributed by atoms with van der Waals surface area (Å²) >= 11 is 0. The summed E-state index contributed by atoms with van der Waals surface area (Å²) in [7, 11) is 0. The third-order valence-corrected chi connectivity index (χ3v) is 2.92. The van der Waals surface area contributed by atoms with Gasteiger partial charge in [-0.1, -0.05) is 30.3 Å². The number of rotatable bonds is 6. The van der Waals surface area contributed by atoms with Gasteiger partial charge in [-0.3, -0.25) is 4.79 Å². The lowest BCUT2D eigenvalue weighted by Crippen LogP contribution is -2.23. The predicted octanol–water partition coefficient (Wildman–Crippen LogP) is 2.91. The summed E-state index contributed by atoms with van der Waals surface area (Å²) in [6, 6.07) is 16.2. The third kappa shape index (κ3) is 4.34. The van der Waals surface area contributed by atoms with Crippen molar-refractivity contribution in [1.29, 1.82) is 0 Å². The Balaban J connectivity index is 1.98. The standard InChI is InChI=1S/C17H18N2O3/c1-2-22-17(21)14-10-6-7-11-15(14)19-16(20)12-18-13-8-4-3-5-9-13/h3-11,18H,2,12H2,1H3,(H,19,20). The Morgan fingerprint density at radius 2 is 1.68 bits per heavy atom. The molecule has 0 aromatic heterocycles. The summed E-state index contributed by atoms with van der Waals surface area (Å²) in [4.78, 5) is 23.8. The van der Waals surface area contributed by atoms with Crippen LogP contribution in [0.1, 0.15) is 17.3 Å². The van der Waals surface area contributed by atoms with Gasteiger partial charge in [-0.15, -0.1) is 0 Å². The van der Waals surface area contributed by atoms with E-state index in [0.717, 1.165) is 5.69 Å². The van der Waals surface area contributed by atoms with Crippen molar-refractivity contribution >= 4 is 23.3 Å². The zero-order valence-corrected chi connectivity index (χ0v) is 12.3. The van der Waals surface area contributed by atoms with E-state index in [1.165, 1.54) is 0 Å². The molecule has 0 heterocycles. The highest BCUT2D eigenvalue weighted by molar-refractivity contribution is 6.02. The fourth-order valence-corrected chi connectivity index (χ4v) is 1.91. The molecule has 0 atom stereocenters. The van der Waals surface area contributed by atoms with Crippen molar-refractivity contribution in [2.75, 3.05) is 23.8 Å². The van der Waals surface area contributed by atoms with Crippen LogP contribution in [0.2, 0.25) is 0 Å². The number of carbonyl (C=O) groups is 2. The van der Waals surface area contributed by atoms with Crippen molar-refractivity contribution in [2.45, 2.75) is 6.92 Å². The van der Waals surface area contributed by atoms with Crippen molar-refractivity contribution in [1.82, 2.24) is 0 Å². The van der Waals surface area contributed by atoms with Crippen LogP contribution in [0.4, 0.5) is 11.4 Å². The number of ether oxygens (including phenoxy) is 1. The number of carbonyl (C=O) groups excluding carboxylic acids is 2. The number of anilines is 2. The van der Waals surface area contributed by atoms with Gasteiger partial charge in [0.25, 0.3) is 0 Å². The third-order valence-electron chi connectivity index (χ3n) is 2.92. The molecule has 114 valence electrons. The largest absolute Gasteiger partial charge is 0.462 e. The molecule has 0 bridgehead atoms. The SMILES string of the molecule is CCOC(=O)c1ccccc1NC(=O)CNc1ccccc1. The molecule has 0 aliphatic rings. The van der Waals surface area contributed by atoms with E-state index in [2.05, 4.69) is 10.6 Å². The van der Waals surface area contributed by atoms with Gasteiger partial charge in [-0.25, -0.2) is 4.79 Å². The van der Waals surface area contributed by atoms with Crippen LogP contribution in [0.5, 0.6) is 0 Å². The van der Waals surface area contributed by atoms with Crippen molar-refractivity contribution in [3.8, 4) is 0 Å². The Kier molecular flexibility index (Phi) is 5.54. The molecule has 2 N–H and O–H groups in total. The molecule has 5 nitrogen and oxygen atoms in total. The zero-order chi connectivity index (χ0) is 15.8. The Morgan fingerprint density at radius 1 is 1.00 bits per heavy atom. The topological polar surface area (TPSA) is 67.4 Å². The second kappa shape index (κ2) is 7.83. The molecule has 0 aliphatic heterocycles. The molecule has 0 saturated heterocycles. The van der Waals surface area contributed by atoms with Crippen LogP contribution < -0.4 is 10.6 Å². The highest BCUT2D eigenvalue weighted by Crippen LogP contribution is 2.16. The molecule has 2 rings (SSSR count). The van der Waals surface area contributed by atoms with Gasteiger partial charge in [-0.2, -0.15) is 0 Å². The molecule has 0 saturated carbocycles. The fourth-order valence-electron chi connectivity index (χ4n) is 1.91. The molecule has 0 radical (unpaired) electrons. The van der Waals surface area contributed by atoms with E-state index in [1.54, 1.807) is 31.2 Å². The minimum absolute atomic E-state index is 0.112. The van der Waals surface area contributed by atoms with E-state index >= 15 is 0 Å². The van der Waals surface area contributed by atoms with Gasteiger partial charge in [-0.05, 0) is 31.2 Å². The number of esters is 1. The van der Waals surface area contributed by atoms with Crippen LogP contribution in [0.3, 0.4) is 0 Å². The van der Waals surface area contributed by atoms with Crippen LogP contribution in [0, 0.1) is 0 Å². The molecule has 1 amide bonds. The second-order valence-corrected chi connectivity index (χ2v) is 4.53. The van der Waals surface area contributed by atoms with Crippen LogP contribution in [0.25, 0.3) is 0 Å². The summed E-state index contributed by atoms with van der Waals surface area (Å²) in [5, 5.41) is 5.73. The van der Waals surface area contributed by atoms with Crippen LogP contribution in [-0.4, -0.2) is 25.0 Å². The van der Waals surface area contributed by atoms with Crippen LogP contribution in [-0.2, 0) is 9.53 Å². The molecule has 2 aromatic rings. The first-order chi connectivity index (χ1) is 10.7. The zero-order valence-electron chi connectivity index (χ0n) is 12.3. The first-order valence-electron chi connectivity index (χ1n) is 7.05.